The van der Waals surface area contributed by atoms with Crippen molar-refractivity contribution in [2.45, 2.75) is 50.7 Å². The molecule has 1 aliphatic heterocycles. The zero-order valence-corrected chi connectivity index (χ0v) is 12.4. The Morgan fingerprint density at radius 2 is 1.61 bits per heavy atom. The lowest BCUT2D eigenvalue weighted by Crippen LogP contribution is -2.41. The molecule has 1 aromatic rings. The van der Waals surface area contributed by atoms with Crippen LogP contribution in [0.15, 0.2) is 23.1 Å². The summed E-state index contributed by atoms with van der Waals surface area (Å²) in [5.74, 6) is 0. The highest BCUT2D eigenvalue weighted by molar-refractivity contribution is 7.97. The smallest absolute Gasteiger partial charge is 0.399 e. The summed E-state index contributed by atoms with van der Waals surface area (Å²) in [5.41, 5.74) is 1.58. The Morgan fingerprint density at radius 3 is 2.11 bits per heavy atom. The molecule has 0 spiro atoms. The number of rotatable bonds is 2. The fourth-order valence-corrected chi connectivity index (χ4v) is 2.42. The third kappa shape index (κ3) is 2.45. The Kier molecular flexibility index (Phi) is 3.53. The van der Waals surface area contributed by atoms with E-state index < -0.39 is 0 Å². The van der Waals surface area contributed by atoms with E-state index in [0.29, 0.717) is 0 Å². The zero-order valence-electron chi connectivity index (χ0n) is 11.6. The summed E-state index contributed by atoms with van der Waals surface area (Å²) in [4.78, 5) is 1.03. The molecule has 1 saturated heterocycles. The van der Waals surface area contributed by atoms with E-state index in [1.54, 1.807) is 0 Å². The van der Waals surface area contributed by atoms with Crippen LogP contribution in [0.1, 0.15) is 33.3 Å². The van der Waals surface area contributed by atoms with Crippen molar-refractivity contribution in [2.24, 2.45) is 5.14 Å². The average molecular weight is 265 g/mol. The maximum atomic E-state index is 6.03. The van der Waals surface area contributed by atoms with E-state index in [9.17, 15) is 0 Å². The van der Waals surface area contributed by atoms with Gasteiger partial charge in [0.05, 0.1) is 11.2 Å². The summed E-state index contributed by atoms with van der Waals surface area (Å²) in [5, 5.41) is 5.63. The first-order chi connectivity index (χ1) is 8.25. The van der Waals surface area contributed by atoms with Crippen LogP contribution in [0, 0.1) is 6.92 Å². The van der Waals surface area contributed by atoms with Crippen LogP contribution < -0.4 is 10.6 Å². The molecular formula is C13H20BNO2S. The van der Waals surface area contributed by atoms with Gasteiger partial charge in [0.15, 0.2) is 0 Å². The van der Waals surface area contributed by atoms with Crippen molar-refractivity contribution < 1.29 is 9.31 Å². The fourth-order valence-electron chi connectivity index (χ4n) is 1.96. The number of hydrogen-bond acceptors (Lipinski definition) is 4. The number of nitrogens with two attached hydrogens (primary N) is 1. The first-order valence-electron chi connectivity index (χ1n) is 6.09. The van der Waals surface area contributed by atoms with Crippen molar-refractivity contribution in [3.63, 3.8) is 0 Å². The minimum atomic E-state index is -0.319. The monoisotopic (exact) mass is 265 g/mol. The maximum absolute atomic E-state index is 6.03. The Labute approximate surface area is 114 Å². The van der Waals surface area contributed by atoms with Gasteiger partial charge < -0.3 is 9.31 Å². The number of hydrogen-bond donors (Lipinski definition) is 1. The molecule has 3 nitrogen and oxygen atoms in total. The molecular weight excluding hydrogens is 245 g/mol. The highest BCUT2D eigenvalue weighted by Gasteiger charge is 2.51. The van der Waals surface area contributed by atoms with Crippen LogP contribution in [0.5, 0.6) is 0 Å². The normalized spacial score (nSPS) is 21.3. The van der Waals surface area contributed by atoms with E-state index >= 15 is 0 Å². The lowest BCUT2D eigenvalue weighted by atomic mass is 9.78. The van der Waals surface area contributed by atoms with Gasteiger partial charge in [-0.25, -0.2) is 0 Å². The van der Waals surface area contributed by atoms with Gasteiger partial charge in [0.2, 0.25) is 0 Å². The van der Waals surface area contributed by atoms with Crippen molar-refractivity contribution in [3.8, 4) is 0 Å². The Balaban J connectivity index is 2.32. The Bertz CT molecular complexity index is 446. The van der Waals surface area contributed by atoms with Crippen LogP contribution in [0.4, 0.5) is 0 Å². The van der Waals surface area contributed by atoms with Crippen molar-refractivity contribution in [2.75, 3.05) is 0 Å². The summed E-state index contributed by atoms with van der Waals surface area (Å²) >= 11 is 1.24. The highest BCUT2D eigenvalue weighted by Crippen LogP contribution is 2.36. The zero-order chi connectivity index (χ0) is 13.6. The molecule has 98 valence electrons. The molecule has 1 fully saturated rings. The van der Waals surface area contributed by atoms with E-state index in [-0.39, 0.29) is 18.3 Å². The van der Waals surface area contributed by atoms with Crippen LogP contribution in [-0.4, -0.2) is 18.3 Å². The Morgan fingerprint density at radius 1 is 1.06 bits per heavy atom. The molecule has 5 heteroatoms. The molecule has 2 N–H and O–H groups in total. The van der Waals surface area contributed by atoms with Gasteiger partial charge in [0.1, 0.15) is 0 Å². The SMILES string of the molecule is Cc1cc(SN)cc(B2OC(C)(C)C(C)(C)O2)c1. The van der Waals surface area contributed by atoms with Gasteiger partial charge in [-0.2, -0.15) is 0 Å². The van der Waals surface area contributed by atoms with E-state index in [2.05, 4.69) is 46.8 Å². The second kappa shape index (κ2) is 4.56. The first-order valence-corrected chi connectivity index (χ1v) is 6.97. The standard InChI is InChI=1S/C13H20BNO2S/c1-9-6-10(8-11(7-9)18-15)14-16-12(2,3)13(4,5)17-14/h6-8H,15H2,1-5H3. The van der Waals surface area contributed by atoms with Gasteiger partial charge in [-0.3, -0.25) is 5.14 Å². The average Bonchev–Trinajstić information content (AvgIpc) is 2.47. The van der Waals surface area contributed by atoms with Crippen LogP contribution in [0.3, 0.4) is 0 Å². The van der Waals surface area contributed by atoms with E-state index in [0.717, 1.165) is 15.9 Å². The molecule has 1 aromatic carbocycles. The molecule has 0 atom stereocenters. The van der Waals surface area contributed by atoms with Crippen LogP contribution >= 0.6 is 11.9 Å². The molecule has 1 heterocycles. The number of aryl methyl sites for hydroxylation is 1. The van der Waals surface area contributed by atoms with E-state index in [1.165, 1.54) is 11.9 Å². The molecule has 2 rings (SSSR count). The van der Waals surface area contributed by atoms with Gasteiger partial charge in [-0.15, -0.1) is 0 Å². The fraction of sp³-hybridized carbons (Fsp3) is 0.538. The second-order valence-corrected chi connectivity index (χ2v) is 6.49. The molecule has 0 amide bonds. The van der Waals surface area contributed by atoms with Crippen molar-refractivity contribution >= 4 is 24.5 Å². The molecule has 1 aliphatic rings. The molecule has 0 radical (unpaired) electrons. The Hall–Kier alpha value is -0.485. The largest absolute Gasteiger partial charge is 0.494 e. The van der Waals surface area contributed by atoms with Crippen LogP contribution in [0.2, 0.25) is 0 Å². The molecule has 0 aliphatic carbocycles. The summed E-state index contributed by atoms with van der Waals surface area (Å²) < 4.78 is 12.1. The maximum Gasteiger partial charge on any atom is 0.494 e. The minimum Gasteiger partial charge on any atom is -0.399 e. The predicted molar refractivity (Wildman–Crippen MR) is 76.9 cm³/mol. The van der Waals surface area contributed by atoms with Gasteiger partial charge in [-0.1, -0.05) is 11.6 Å². The molecule has 18 heavy (non-hydrogen) atoms. The first kappa shape index (κ1) is 13.9. The van der Waals surface area contributed by atoms with Crippen LogP contribution in [-0.2, 0) is 9.31 Å². The third-order valence-corrected chi connectivity index (χ3v) is 4.24. The summed E-state index contributed by atoms with van der Waals surface area (Å²) in [6, 6.07) is 6.17. The topological polar surface area (TPSA) is 44.5 Å². The van der Waals surface area contributed by atoms with Crippen molar-refractivity contribution in [1.29, 1.82) is 0 Å². The molecule has 0 aromatic heterocycles. The molecule has 0 saturated carbocycles. The lowest BCUT2D eigenvalue weighted by molar-refractivity contribution is 0.00578. The summed E-state index contributed by atoms with van der Waals surface area (Å²) in [6.07, 6.45) is 0. The summed E-state index contributed by atoms with van der Waals surface area (Å²) in [7, 11) is -0.319. The highest BCUT2D eigenvalue weighted by atomic mass is 32.2. The third-order valence-electron chi connectivity index (χ3n) is 3.73. The van der Waals surface area contributed by atoms with Gasteiger partial charge in [0, 0.05) is 4.90 Å². The minimum absolute atomic E-state index is 0.308. The van der Waals surface area contributed by atoms with E-state index in [4.69, 9.17) is 14.4 Å². The second-order valence-electron chi connectivity index (χ2n) is 5.79. The number of benzene rings is 1. The van der Waals surface area contributed by atoms with Crippen molar-refractivity contribution in [3.05, 3.63) is 23.8 Å². The quantitative estimate of drug-likeness (QED) is 0.658. The van der Waals surface area contributed by atoms with Gasteiger partial charge in [0.25, 0.3) is 0 Å². The van der Waals surface area contributed by atoms with E-state index in [1.807, 2.05) is 6.07 Å². The van der Waals surface area contributed by atoms with Gasteiger partial charge >= 0.3 is 7.12 Å². The van der Waals surface area contributed by atoms with Crippen LogP contribution in [0.25, 0.3) is 0 Å². The molecule has 0 unspecified atom stereocenters. The molecule has 0 bridgehead atoms. The van der Waals surface area contributed by atoms with Gasteiger partial charge in [-0.05, 0) is 64.2 Å². The lowest BCUT2D eigenvalue weighted by Gasteiger charge is -2.32. The predicted octanol–water partition coefficient (Wildman–Crippen LogP) is 2.26. The summed E-state index contributed by atoms with van der Waals surface area (Å²) in [6.45, 7) is 10.3. The van der Waals surface area contributed by atoms with Crippen molar-refractivity contribution in [1.82, 2.24) is 0 Å².